The van der Waals surface area contributed by atoms with Gasteiger partial charge in [0, 0.05) is 30.3 Å². The molecule has 0 aromatic carbocycles. The summed E-state index contributed by atoms with van der Waals surface area (Å²) < 4.78 is 0. The lowest BCUT2D eigenvalue weighted by atomic mass is 10.1. The van der Waals surface area contributed by atoms with Crippen LogP contribution >= 0.6 is 0 Å². The van der Waals surface area contributed by atoms with Crippen LogP contribution in [0, 0.1) is 6.92 Å². The fourth-order valence-electron chi connectivity index (χ4n) is 2.32. The second kappa shape index (κ2) is 6.14. The zero-order chi connectivity index (χ0) is 13.0. The fourth-order valence-corrected chi connectivity index (χ4v) is 2.32. The van der Waals surface area contributed by atoms with Crippen molar-refractivity contribution >= 4 is 5.82 Å². The summed E-state index contributed by atoms with van der Waals surface area (Å²) in [7, 11) is 0. The Morgan fingerprint density at radius 1 is 1.44 bits per heavy atom. The highest BCUT2D eigenvalue weighted by atomic mass is 15.0. The number of anilines is 1. The Kier molecular flexibility index (Phi) is 4.53. The largest absolute Gasteiger partial charge is 0.370 e. The molecule has 1 aromatic rings. The van der Waals surface area contributed by atoms with Crippen molar-refractivity contribution in [2.45, 2.75) is 52.0 Å². The maximum Gasteiger partial charge on any atom is 0.133 e. The molecule has 0 bridgehead atoms. The Bertz CT molecular complexity index is 383. The number of aromatic nitrogens is 2. The molecule has 4 heteroatoms. The third kappa shape index (κ3) is 3.67. The topological polar surface area (TPSA) is 49.8 Å². The molecular weight excluding hydrogens is 224 g/mol. The molecule has 1 aromatic heterocycles. The van der Waals surface area contributed by atoms with Crippen LogP contribution in [-0.4, -0.2) is 29.1 Å². The highest BCUT2D eigenvalue weighted by molar-refractivity contribution is 5.36. The highest BCUT2D eigenvalue weighted by Crippen LogP contribution is 2.14. The van der Waals surface area contributed by atoms with Crippen molar-refractivity contribution in [1.29, 1.82) is 0 Å². The van der Waals surface area contributed by atoms with Crippen molar-refractivity contribution in [3.05, 3.63) is 17.6 Å². The van der Waals surface area contributed by atoms with Crippen molar-refractivity contribution in [1.82, 2.24) is 15.3 Å². The molecule has 1 aliphatic rings. The van der Waals surface area contributed by atoms with Crippen LogP contribution in [0.4, 0.5) is 5.82 Å². The molecule has 2 heterocycles. The van der Waals surface area contributed by atoms with Crippen LogP contribution in [-0.2, 0) is 0 Å². The number of aryl methyl sites for hydroxylation is 1. The molecule has 0 radical (unpaired) electrons. The monoisotopic (exact) mass is 248 g/mol. The van der Waals surface area contributed by atoms with E-state index in [0.29, 0.717) is 12.0 Å². The Hall–Kier alpha value is -1.16. The molecule has 18 heavy (non-hydrogen) atoms. The Balaban J connectivity index is 1.88. The van der Waals surface area contributed by atoms with Crippen LogP contribution < -0.4 is 10.6 Å². The van der Waals surface area contributed by atoms with E-state index in [0.717, 1.165) is 23.9 Å². The number of hydrogen-bond acceptors (Lipinski definition) is 4. The van der Waals surface area contributed by atoms with E-state index in [1.54, 1.807) is 0 Å². The first-order chi connectivity index (χ1) is 8.65. The van der Waals surface area contributed by atoms with Gasteiger partial charge in [-0.3, -0.25) is 0 Å². The van der Waals surface area contributed by atoms with E-state index in [4.69, 9.17) is 0 Å². The maximum atomic E-state index is 4.55. The standard InChI is InChI=1S/C14H24N4/c1-10(2)14-17-11(3)9-13(18-14)16-8-6-12-5-4-7-15-12/h9-10,12,15H,4-8H2,1-3H3,(H,16,17,18)/t12-/m0/s1. The molecule has 0 amide bonds. The third-order valence-corrected chi connectivity index (χ3v) is 3.35. The average molecular weight is 248 g/mol. The van der Waals surface area contributed by atoms with E-state index >= 15 is 0 Å². The summed E-state index contributed by atoms with van der Waals surface area (Å²) in [5.74, 6) is 2.27. The summed E-state index contributed by atoms with van der Waals surface area (Å²) in [6, 6.07) is 2.71. The molecule has 2 N–H and O–H groups in total. The average Bonchev–Trinajstić information content (AvgIpc) is 2.81. The van der Waals surface area contributed by atoms with Crippen LogP contribution in [0.3, 0.4) is 0 Å². The van der Waals surface area contributed by atoms with Gasteiger partial charge in [0.2, 0.25) is 0 Å². The van der Waals surface area contributed by atoms with Crippen molar-refractivity contribution in [2.24, 2.45) is 0 Å². The molecule has 1 atom stereocenters. The molecule has 2 rings (SSSR count). The van der Waals surface area contributed by atoms with E-state index in [2.05, 4.69) is 34.4 Å². The minimum absolute atomic E-state index is 0.377. The molecule has 0 saturated carbocycles. The van der Waals surface area contributed by atoms with Crippen LogP contribution in [0.25, 0.3) is 0 Å². The molecule has 1 fully saturated rings. The van der Waals surface area contributed by atoms with E-state index in [9.17, 15) is 0 Å². The normalized spacial score (nSPS) is 19.4. The second-order valence-corrected chi connectivity index (χ2v) is 5.42. The Labute approximate surface area is 110 Å². The van der Waals surface area contributed by atoms with E-state index in [1.807, 2.05) is 13.0 Å². The Morgan fingerprint density at radius 2 is 2.28 bits per heavy atom. The lowest BCUT2D eigenvalue weighted by Crippen LogP contribution is -2.24. The molecule has 100 valence electrons. The second-order valence-electron chi connectivity index (χ2n) is 5.42. The van der Waals surface area contributed by atoms with Gasteiger partial charge < -0.3 is 10.6 Å². The SMILES string of the molecule is Cc1cc(NCC[C@@H]2CCCN2)nc(C(C)C)n1. The molecular formula is C14H24N4. The lowest BCUT2D eigenvalue weighted by Gasteiger charge is -2.13. The quantitative estimate of drug-likeness (QED) is 0.840. The van der Waals surface area contributed by atoms with Gasteiger partial charge in [-0.1, -0.05) is 13.8 Å². The number of rotatable bonds is 5. The van der Waals surface area contributed by atoms with Gasteiger partial charge >= 0.3 is 0 Å². The van der Waals surface area contributed by atoms with Crippen LogP contribution in [0.1, 0.15) is 50.5 Å². The first kappa shape index (κ1) is 13.3. The molecule has 0 aliphatic carbocycles. The maximum absolute atomic E-state index is 4.55. The molecule has 1 aliphatic heterocycles. The number of hydrogen-bond donors (Lipinski definition) is 2. The highest BCUT2D eigenvalue weighted by Gasteiger charge is 2.13. The molecule has 4 nitrogen and oxygen atoms in total. The van der Waals surface area contributed by atoms with Gasteiger partial charge in [0.15, 0.2) is 0 Å². The van der Waals surface area contributed by atoms with Gasteiger partial charge in [0.1, 0.15) is 11.6 Å². The van der Waals surface area contributed by atoms with E-state index in [-0.39, 0.29) is 0 Å². The van der Waals surface area contributed by atoms with Crippen molar-refractivity contribution in [2.75, 3.05) is 18.4 Å². The summed E-state index contributed by atoms with van der Waals surface area (Å²) in [6.45, 7) is 8.43. The summed E-state index contributed by atoms with van der Waals surface area (Å²) >= 11 is 0. The minimum atomic E-state index is 0.377. The van der Waals surface area contributed by atoms with Gasteiger partial charge in [-0.25, -0.2) is 9.97 Å². The summed E-state index contributed by atoms with van der Waals surface area (Å²) in [6.07, 6.45) is 3.79. The van der Waals surface area contributed by atoms with Crippen molar-refractivity contribution in [3.8, 4) is 0 Å². The van der Waals surface area contributed by atoms with Gasteiger partial charge in [-0.15, -0.1) is 0 Å². The summed E-state index contributed by atoms with van der Waals surface area (Å²) in [4.78, 5) is 9.01. The number of nitrogens with one attached hydrogen (secondary N) is 2. The molecule has 0 unspecified atom stereocenters. The van der Waals surface area contributed by atoms with Gasteiger partial charge in [0.05, 0.1) is 0 Å². The molecule has 1 saturated heterocycles. The first-order valence-corrected chi connectivity index (χ1v) is 6.98. The van der Waals surface area contributed by atoms with E-state index in [1.165, 1.54) is 25.8 Å². The van der Waals surface area contributed by atoms with Crippen LogP contribution in [0.15, 0.2) is 6.07 Å². The predicted molar refractivity (Wildman–Crippen MR) is 75.0 cm³/mol. The number of nitrogens with zero attached hydrogens (tertiary/aromatic N) is 2. The van der Waals surface area contributed by atoms with Gasteiger partial charge in [-0.05, 0) is 32.7 Å². The zero-order valence-electron chi connectivity index (χ0n) is 11.7. The Morgan fingerprint density at radius 3 is 2.94 bits per heavy atom. The summed E-state index contributed by atoms with van der Waals surface area (Å²) in [5, 5.41) is 6.93. The lowest BCUT2D eigenvalue weighted by molar-refractivity contribution is 0.574. The van der Waals surface area contributed by atoms with Gasteiger partial charge in [-0.2, -0.15) is 0 Å². The van der Waals surface area contributed by atoms with Crippen molar-refractivity contribution < 1.29 is 0 Å². The fraction of sp³-hybridized carbons (Fsp3) is 0.714. The van der Waals surface area contributed by atoms with Crippen molar-refractivity contribution in [3.63, 3.8) is 0 Å². The van der Waals surface area contributed by atoms with Gasteiger partial charge in [0.25, 0.3) is 0 Å². The molecule has 0 spiro atoms. The zero-order valence-corrected chi connectivity index (χ0v) is 11.7. The van der Waals surface area contributed by atoms with E-state index < -0.39 is 0 Å². The summed E-state index contributed by atoms with van der Waals surface area (Å²) in [5.41, 5.74) is 1.04. The smallest absolute Gasteiger partial charge is 0.133 e. The minimum Gasteiger partial charge on any atom is -0.370 e. The first-order valence-electron chi connectivity index (χ1n) is 6.98. The van der Waals surface area contributed by atoms with Crippen LogP contribution in [0.2, 0.25) is 0 Å². The van der Waals surface area contributed by atoms with Crippen LogP contribution in [0.5, 0.6) is 0 Å². The predicted octanol–water partition coefficient (Wildman–Crippen LogP) is 2.46. The third-order valence-electron chi connectivity index (χ3n) is 3.35.